The van der Waals surface area contributed by atoms with Crippen LogP contribution in [0.3, 0.4) is 0 Å². The third-order valence-electron chi connectivity index (χ3n) is 6.86. The molecule has 0 aromatic heterocycles. The molecule has 3 aliphatic rings. The number of hydrogen-bond acceptors (Lipinski definition) is 7. The quantitative estimate of drug-likeness (QED) is 0.421. The normalized spacial score (nSPS) is 25.8. The van der Waals surface area contributed by atoms with Gasteiger partial charge in [-0.25, -0.2) is 10.2 Å². The van der Waals surface area contributed by atoms with Crippen molar-refractivity contribution in [1.29, 1.82) is 5.26 Å². The molecule has 1 aliphatic heterocycles. The smallest absolute Gasteiger partial charge is 0.428 e. The van der Waals surface area contributed by atoms with Crippen LogP contribution in [0.2, 0.25) is 0 Å². The second-order valence-corrected chi connectivity index (χ2v) is 10.5. The third kappa shape index (κ3) is 6.01. The van der Waals surface area contributed by atoms with Crippen molar-refractivity contribution >= 4 is 39.5 Å². The van der Waals surface area contributed by atoms with Gasteiger partial charge in [0.1, 0.15) is 11.5 Å². The number of hydrazone groups is 1. The van der Waals surface area contributed by atoms with Crippen LogP contribution in [0.25, 0.3) is 0 Å². The van der Waals surface area contributed by atoms with Crippen LogP contribution in [0.1, 0.15) is 57.4 Å². The van der Waals surface area contributed by atoms with Crippen LogP contribution in [0.4, 0.5) is 13.6 Å². The molecule has 198 valence electrons. The van der Waals surface area contributed by atoms with Crippen LogP contribution in [-0.2, 0) is 14.3 Å². The lowest BCUT2D eigenvalue weighted by molar-refractivity contribution is -0.139. The van der Waals surface area contributed by atoms with E-state index in [1.165, 1.54) is 12.1 Å². The summed E-state index contributed by atoms with van der Waals surface area (Å²) in [6.07, 6.45) is 2.36. The Balaban J connectivity index is 1.49. The maximum absolute atomic E-state index is 12.9. The van der Waals surface area contributed by atoms with E-state index in [1.807, 2.05) is 0 Å². The number of carbonyl (C=O) groups excluding carboxylic acids is 3. The number of carbonyl (C=O) groups is 3. The van der Waals surface area contributed by atoms with Gasteiger partial charge in [0, 0.05) is 17.6 Å². The average Bonchev–Trinajstić information content (AvgIpc) is 3.66. The monoisotopic (exact) mass is 581 g/mol. The van der Waals surface area contributed by atoms with E-state index >= 15 is 0 Å². The van der Waals surface area contributed by atoms with Gasteiger partial charge in [0.2, 0.25) is 0 Å². The van der Waals surface area contributed by atoms with Gasteiger partial charge < -0.3 is 20.1 Å². The molecule has 3 amide bonds. The molecule has 2 aliphatic carbocycles. The summed E-state index contributed by atoms with van der Waals surface area (Å²) in [6.45, 7) is -1.30. The van der Waals surface area contributed by atoms with Gasteiger partial charge in [0.05, 0.1) is 16.0 Å². The van der Waals surface area contributed by atoms with E-state index in [4.69, 9.17) is 4.74 Å². The number of benzene rings is 1. The molecule has 0 saturated heterocycles. The molecule has 10 nitrogen and oxygen atoms in total. The topological polar surface area (TPSA) is 142 Å². The number of rotatable bonds is 7. The number of hydrogen-bond donors (Lipinski definition) is 3. The van der Waals surface area contributed by atoms with Crippen molar-refractivity contribution in [2.75, 3.05) is 0 Å². The molecule has 0 unspecified atom stereocenters. The lowest BCUT2D eigenvalue weighted by atomic mass is 9.65. The Morgan fingerprint density at radius 1 is 1.30 bits per heavy atom. The number of nitriles is 1. The van der Waals surface area contributed by atoms with Crippen LogP contribution in [0.5, 0.6) is 5.75 Å². The molecule has 37 heavy (non-hydrogen) atoms. The van der Waals surface area contributed by atoms with Gasteiger partial charge in [-0.3, -0.25) is 9.59 Å². The highest BCUT2D eigenvalue weighted by atomic mass is 79.9. The Morgan fingerprint density at radius 3 is 2.62 bits per heavy atom. The van der Waals surface area contributed by atoms with Crippen molar-refractivity contribution in [2.24, 2.45) is 10.5 Å². The summed E-state index contributed by atoms with van der Waals surface area (Å²) in [5, 5.41) is 19.5. The third-order valence-corrected chi connectivity index (χ3v) is 7.68. The Kier molecular flexibility index (Phi) is 7.68. The van der Waals surface area contributed by atoms with Crippen LogP contribution in [0, 0.1) is 16.7 Å². The van der Waals surface area contributed by atoms with Gasteiger partial charge >= 0.3 is 24.5 Å². The van der Waals surface area contributed by atoms with E-state index in [9.17, 15) is 28.4 Å². The fourth-order valence-electron chi connectivity index (χ4n) is 4.88. The Labute approximate surface area is 220 Å². The zero-order valence-electron chi connectivity index (χ0n) is 20.0. The van der Waals surface area contributed by atoms with Crippen molar-refractivity contribution in [3.63, 3.8) is 0 Å². The van der Waals surface area contributed by atoms with Crippen molar-refractivity contribution in [2.45, 2.75) is 76.2 Å². The minimum absolute atomic E-state index is 0.0553. The van der Waals surface area contributed by atoms with Crippen LogP contribution in [-0.4, -0.2) is 47.9 Å². The van der Waals surface area contributed by atoms with E-state index < -0.39 is 41.6 Å². The maximum atomic E-state index is 12.9. The number of nitrogens with zero attached hydrogens (tertiary/aromatic N) is 2. The summed E-state index contributed by atoms with van der Waals surface area (Å²) in [5.74, 6) is -1.52. The first-order chi connectivity index (χ1) is 17.6. The van der Waals surface area contributed by atoms with Gasteiger partial charge in [-0.1, -0.05) is 12.1 Å². The number of amides is 3. The number of ether oxygens (including phenoxy) is 2. The Morgan fingerprint density at radius 2 is 2.00 bits per heavy atom. The molecule has 2 saturated carbocycles. The van der Waals surface area contributed by atoms with Gasteiger partial charge in [-0.05, 0) is 73.9 Å². The van der Waals surface area contributed by atoms with Crippen LogP contribution < -0.4 is 20.8 Å². The number of nitrogens with one attached hydrogen (secondary N) is 3. The second kappa shape index (κ2) is 10.6. The average molecular weight is 582 g/mol. The van der Waals surface area contributed by atoms with Gasteiger partial charge in [0.15, 0.2) is 5.60 Å². The maximum Gasteiger partial charge on any atom is 0.428 e. The molecule has 0 radical (unpaired) electrons. The molecule has 13 heteroatoms. The minimum Gasteiger partial charge on any atom is -0.435 e. The first-order valence-corrected chi connectivity index (χ1v) is 12.7. The summed E-state index contributed by atoms with van der Waals surface area (Å²) in [4.78, 5) is 36.3. The molecule has 1 atom stereocenters. The zero-order chi connectivity index (χ0) is 26.8. The van der Waals surface area contributed by atoms with E-state index in [2.05, 4.69) is 47.9 Å². The highest BCUT2D eigenvalue weighted by molar-refractivity contribution is 9.10. The molecule has 1 heterocycles. The molecule has 1 spiro atoms. The van der Waals surface area contributed by atoms with Crippen LogP contribution >= 0.6 is 15.9 Å². The first-order valence-electron chi connectivity index (χ1n) is 11.9. The molecular weight excluding hydrogens is 556 g/mol. The predicted molar refractivity (Wildman–Crippen MR) is 130 cm³/mol. The van der Waals surface area contributed by atoms with E-state index in [0.717, 1.165) is 12.8 Å². The lowest BCUT2D eigenvalue weighted by Crippen LogP contribution is -2.54. The molecule has 1 aromatic carbocycles. The minimum atomic E-state index is -3.03. The Bertz CT molecular complexity index is 1160. The van der Waals surface area contributed by atoms with Crippen molar-refractivity contribution in [3.05, 3.63) is 28.2 Å². The van der Waals surface area contributed by atoms with Gasteiger partial charge in [0.25, 0.3) is 0 Å². The first kappa shape index (κ1) is 26.8. The molecular formula is C24H26BrF2N5O5. The number of alkyl halides is 2. The number of halogens is 3. The highest BCUT2D eigenvalue weighted by Gasteiger charge is 2.51. The van der Waals surface area contributed by atoms with E-state index in [0.29, 0.717) is 30.5 Å². The molecule has 4 rings (SSSR count). The fourth-order valence-corrected chi connectivity index (χ4v) is 5.42. The zero-order valence-corrected chi connectivity index (χ0v) is 21.6. The molecule has 1 aromatic rings. The van der Waals surface area contributed by atoms with Crippen molar-refractivity contribution < 1.29 is 32.6 Å². The summed E-state index contributed by atoms with van der Waals surface area (Å²) in [6, 6.07) is 6.50. The second-order valence-electron chi connectivity index (χ2n) is 9.67. The lowest BCUT2D eigenvalue weighted by Gasteiger charge is -2.45. The summed E-state index contributed by atoms with van der Waals surface area (Å²) in [7, 11) is 0. The largest absolute Gasteiger partial charge is 0.435 e. The summed E-state index contributed by atoms with van der Waals surface area (Å²) >= 11 is 3.30. The molecule has 0 bridgehead atoms. The fraction of sp³-hybridized carbons (Fsp3) is 0.542. The molecule has 2 fully saturated rings. The van der Waals surface area contributed by atoms with Gasteiger partial charge in [-0.2, -0.15) is 19.1 Å². The predicted octanol–water partition coefficient (Wildman–Crippen LogP) is 3.49. The van der Waals surface area contributed by atoms with Crippen molar-refractivity contribution in [3.8, 4) is 11.8 Å². The Hall–Kier alpha value is -3.27. The summed E-state index contributed by atoms with van der Waals surface area (Å²) < 4.78 is 36.2. The highest BCUT2D eigenvalue weighted by Crippen LogP contribution is 2.48. The standard InChI is InChI=1S/C24H26BrF2N5O5/c1-13(29-19(33)20(34)30-14-5-6-14)11-23(12-28)7-9-24(10-8-23)18(31-32-22(35)37-24)15-3-2-4-16(17(15)25)36-21(26)27/h2-4,13-14,21H,5-11H2,1H3,(H,29,33)(H,30,34)(H,32,35)/t13-,23?,24?/m0/s1. The van der Waals surface area contributed by atoms with Crippen molar-refractivity contribution in [1.82, 2.24) is 16.1 Å². The SMILES string of the molecule is C[C@@H](CC1(C#N)CCC2(CC1)OC(=O)NN=C2c1cccc(OC(F)F)c1Br)NC(=O)C(=O)NC1CC1. The van der Waals surface area contributed by atoms with Gasteiger partial charge in [-0.15, -0.1) is 0 Å². The molecule has 3 N–H and O–H groups in total. The summed E-state index contributed by atoms with van der Waals surface area (Å²) in [5.41, 5.74) is 0.972. The van der Waals surface area contributed by atoms with Crippen LogP contribution in [0.15, 0.2) is 27.8 Å². The van der Waals surface area contributed by atoms with E-state index in [-0.39, 0.29) is 29.1 Å². The van der Waals surface area contributed by atoms with E-state index in [1.54, 1.807) is 13.0 Å².